The van der Waals surface area contributed by atoms with Crippen molar-refractivity contribution in [3.63, 3.8) is 0 Å². The summed E-state index contributed by atoms with van der Waals surface area (Å²) in [4.78, 5) is 58.0. The summed E-state index contributed by atoms with van der Waals surface area (Å²) in [7, 11) is 0. The summed E-state index contributed by atoms with van der Waals surface area (Å²) in [6.07, 6.45) is 11.7. The number of piperidine rings is 2. The van der Waals surface area contributed by atoms with Gasteiger partial charge >= 0.3 is 6.09 Å². The van der Waals surface area contributed by atoms with Crippen LogP contribution in [0, 0.1) is 17.7 Å². The molecule has 7 rings (SSSR count). The molecule has 256 valence electrons. The summed E-state index contributed by atoms with van der Waals surface area (Å²) in [5.41, 5.74) is 3.49. The zero-order chi connectivity index (χ0) is 34.6. The number of amides is 2. The highest BCUT2D eigenvalue weighted by Gasteiger charge is 2.53. The lowest BCUT2D eigenvalue weighted by Crippen LogP contribution is -2.56. The second-order valence-corrected chi connectivity index (χ2v) is 15.0. The molecule has 4 aromatic rings. The van der Waals surface area contributed by atoms with Crippen LogP contribution >= 0.6 is 0 Å². The van der Waals surface area contributed by atoms with Gasteiger partial charge in [-0.1, -0.05) is 13.8 Å². The van der Waals surface area contributed by atoms with Gasteiger partial charge < -0.3 is 14.2 Å². The van der Waals surface area contributed by atoms with E-state index in [1.54, 1.807) is 29.6 Å². The summed E-state index contributed by atoms with van der Waals surface area (Å²) in [5, 5.41) is 0.761. The zero-order valence-electron chi connectivity index (χ0n) is 28.7. The van der Waals surface area contributed by atoms with Gasteiger partial charge in [-0.25, -0.2) is 19.2 Å². The van der Waals surface area contributed by atoms with Crippen molar-refractivity contribution < 1.29 is 23.5 Å². The average Bonchev–Trinajstić information content (AvgIpc) is 3.81. The molecule has 3 aromatic heterocycles. The molecular formula is C38H43FN6O4. The SMILES string of the molecule is CC(C)c1ncncc1-c1cc(F)ccc1-n1cc(C(=O)C2CCN(C(=O)[C@@H]3[C@H]4CC[C@H](C4)N3C(=O)OC(C)(C)C)CC2)c2ccncc21. The van der Waals surface area contributed by atoms with Crippen LogP contribution in [0.1, 0.15) is 88.7 Å². The first-order valence-electron chi connectivity index (χ1n) is 17.3. The number of ketones is 1. The van der Waals surface area contributed by atoms with Gasteiger partial charge in [0.05, 0.1) is 23.1 Å². The van der Waals surface area contributed by atoms with E-state index in [-0.39, 0.29) is 41.3 Å². The predicted octanol–water partition coefficient (Wildman–Crippen LogP) is 6.95. The standard InChI is InChI=1S/C38H43FN6O4/c1-22(2)33-29(18-41-21-42-33)28-17-25(39)7-9-31(28)44-20-30(27-10-13-40-19-32(27)44)35(46)23-11-14-43(15-12-23)36(47)34-24-6-8-26(16-24)45(34)37(48)49-38(3,4)5/h7,9-10,13,17-24,26,34H,6,8,11-12,14-16H2,1-5H3/t24-,26+,34-/m0/s1. The molecule has 1 saturated carbocycles. The van der Waals surface area contributed by atoms with Crippen molar-refractivity contribution in [2.24, 2.45) is 11.8 Å². The summed E-state index contributed by atoms with van der Waals surface area (Å²) >= 11 is 0. The molecule has 2 saturated heterocycles. The molecule has 5 heterocycles. The topological polar surface area (TPSA) is 111 Å². The minimum absolute atomic E-state index is 0.00642. The Morgan fingerprint density at radius 2 is 1.76 bits per heavy atom. The van der Waals surface area contributed by atoms with E-state index in [2.05, 4.69) is 15.0 Å². The molecule has 1 aromatic carbocycles. The highest BCUT2D eigenvalue weighted by Crippen LogP contribution is 2.44. The lowest BCUT2D eigenvalue weighted by atomic mass is 9.88. The van der Waals surface area contributed by atoms with Crippen LogP contribution in [0.15, 0.2) is 55.4 Å². The number of hydrogen-bond donors (Lipinski definition) is 0. The van der Waals surface area contributed by atoms with Crippen LogP contribution in [0.3, 0.4) is 0 Å². The lowest BCUT2D eigenvalue weighted by molar-refractivity contribution is -0.139. The second-order valence-electron chi connectivity index (χ2n) is 15.0. The van der Waals surface area contributed by atoms with Gasteiger partial charge in [-0.3, -0.25) is 19.5 Å². The van der Waals surface area contributed by atoms with Gasteiger partial charge in [-0.15, -0.1) is 0 Å². The Morgan fingerprint density at radius 3 is 2.49 bits per heavy atom. The van der Waals surface area contributed by atoms with Crippen LogP contribution in [0.25, 0.3) is 27.7 Å². The highest BCUT2D eigenvalue weighted by molar-refractivity contribution is 6.09. The van der Waals surface area contributed by atoms with Crippen LogP contribution in [0.5, 0.6) is 0 Å². The first kappa shape index (κ1) is 32.9. The van der Waals surface area contributed by atoms with E-state index in [0.717, 1.165) is 41.4 Å². The Morgan fingerprint density at radius 1 is 0.980 bits per heavy atom. The fourth-order valence-electron chi connectivity index (χ4n) is 8.06. The third kappa shape index (κ3) is 6.08. The maximum absolute atomic E-state index is 14.8. The number of hydrogen-bond acceptors (Lipinski definition) is 7. The number of carbonyl (C=O) groups excluding carboxylic acids is 3. The Labute approximate surface area is 285 Å². The predicted molar refractivity (Wildman–Crippen MR) is 183 cm³/mol. The van der Waals surface area contributed by atoms with E-state index in [4.69, 9.17) is 4.74 Å². The normalized spacial score (nSPS) is 21.2. The summed E-state index contributed by atoms with van der Waals surface area (Å²) < 4.78 is 22.4. The Hall–Kier alpha value is -4.67. The van der Waals surface area contributed by atoms with Gasteiger partial charge in [-0.2, -0.15) is 0 Å². The van der Waals surface area contributed by atoms with Crippen molar-refractivity contribution in [2.45, 2.75) is 90.3 Å². The molecule has 0 spiro atoms. The molecule has 49 heavy (non-hydrogen) atoms. The minimum Gasteiger partial charge on any atom is -0.444 e. The molecule has 2 amide bonds. The van der Waals surface area contributed by atoms with Crippen LogP contribution < -0.4 is 0 Å². The van der Waals surface area contributed by atoms with E-state index in [1.165, 1.54) is 18.5 Å². The van der Waals surface area contributed by atoms with Crippen molar-refractivity contribution in [1.82, 2.24) is 29.3 Å². The summed E-state index contributed by atoms with van der Waals surface area (Å²) in [6.45, 7) is 10.5. The van der Waals surface area contributed by atoms with Gasteiger partial charge in [0.2, 0.25) is 5.91 Å². The van der Waals surface area contributed by atoms with Gasteiger partial charge in [0.25, 0.3) is 0 Å². The Bertz CT molecular complexity index is 1920. The van der Waals surface area contributed by atoms with E-state index >= 15 is 0 Å². The number of pyridine rings is 1. The first-order valence-corrected chi connectivity index (χ1v) is 17.3. The summed E-state index contributed by atoms with van der Waals surface area (Å²) in [6, 6.07) is 5.97. The third-order valence-corrected chi connectivity index (χ3v) is 10.3. The van der Waals surface area contributed by atoms with Crippen molar-refractivity contribution >= 4 is 28.7 Å². The third-order valence-electron chi connectivity index (χ3n) is 10.3. The molecule has 3 fully saturated rings. The maximum atomic E-state index is 14.8. The number of carbonyl (C=O) groups is 3. The van der Waals surface area contributed by atoms with Crippen LogP contribution in [0.4, 0.5) is 9.18 Å². The number of fused-ring (bicyclic) bond motifs is 3. The molecule has 2 bridgehead atoms. The van der Waals surface area contributed by atoms with Crippen molar-refractivity contribution in [2.75, 3.05) is 13.1 Å². The Kier molecular flexibility index (Phi) is 8.49. The zero-order valence-corrected chi connectivity index (χ0v) is 28.7. The number of halogens is 1. The van der Waals surface area contributed by atoms with Crippen molar-refractivity contribution in [1.29, 1.82) is 0 Å². The van der Waals surface area contributed by atoms with Crippen LogP contribution in [-0.4, -0.2) is 77.9 Å². The van der Waals surface area contributed by atoms with Crippen molar-refractivity contribution in [3.8, 4) is 16.8 Å². The molecule has 11 heteroatoms. The first-order chi connectivity index (χ1) is 23.4. The number of aromatic nitrogens is 4. The highest BCUT2D eigenvalue weighted by atomic mass is 19.1. The molecule has 2 aliphatic heterocycles. The fourth-order valence-corrected chi connectivity index (χ4v) is 8.06. The lowest BCUT2D eigenvalue weighted by Gasteiger charge is -2.39. The monoisotopic (exact) mass is 666 g/mol. The number of Topliss-reactive ketones (excluding diaryl/α,β-unsaturated/α-hetero) is 1. The number of likely N-dealkylation sites (tertiary alicyclic amines) is 2. The van der Waals surface area contributed by atoms with Crippen molar-refractivity contribution in [3.05, 3.63) is 72.5 Å². The number of benzene rings is 1. The van der Waals surface area contributed by atoms with Gasteiger partial charge in [0, 0.05) is 65.7 Å². The molecular weight excluding hydrogens is 623 g/mol. The van der Waals surface area contributed by atoms with E-state index in [1.807, 2.05) is 56.3 Å². The smallest absolute Gasteiger partial charge is 0.411 e. The Balaban J connectivity index is 1.14. The molecule has 0 radical (unpaired) electrons. The van der Waals surface area contributed by atoms with E-state index in [0.29, 0.717) is 42.7 Å². The molecule has 1 aliphatic carbocycles. The summed E-state index contributed by atoms with van der Waals surface area (Å²) in [5.74, 6) is -0.478. The number of rotatable bonds is 6. The van der Waals surface area contributed by atoms with Crippen LogP contribution in [-0.2, 0) is 9.53 Å². The minimum atomic E-state index is -0.643. The van der Waals surface area contributed by atoms with E-state index in [9.17, 15) is 18.8 Å². The molecule has 10 nitrogen and oxygen atoms in total. The fraction of sp³-hybridized carbons (Fsp3) is 0.474. The molecule has 0 unspecified atom stereocenters. The van der Waals surface area contributed by atoms with Gasteiger partial charge in [0.1, 0.15) is 23.8 Å². The molecule has 3 aliphatic rings. The number of nitrogens with zero attached hydrogens (tertiary/aromatic N) is 6. The van der Waals surface area contributed by atoms with Gasteiger partial charge in [-0.05, 0) is 89.0 Å². The van der Waals surface area contributed by atoms with E-state index < -0.39 is 17.7 Å². The van der Waals surface area contributed by atoms with Gasteiger partial charge in [0.15, 0.2) is 5.78 Å². The quantitative estimate of drug-likeness (QED) is 0.205. The maximum Gasteiger partial charge on any atom is 0.411 e. The largest absolute Gasteiger partial charge is 0.444 e. The van der Waals surface area contributed by atoms with Crippen LogP contribution in [0.2, 0.25) is 0 Å². The molecule has 3 atom stereocenters. The number of ether oxygens (including phenoxy) is 1. The molecule has 0 N–H and O–H groups in total. The average molecular weight is 667 g/mol. The second kappa shape index (κ2) is 12.7.